The molecule has 4 rings (SSSR count). The van der Waals surface area contributed by atoms with E-state index in [-0.39, 0.29) is 18.1 Å². The second-order valence-electron chi connectivity index (χ2n) is 7.74. The third kappa shape index (κ3) is 3.61. The number of piperidine rings is 1. The van der Waals surface area contributed by atoms with Crippen molar-refractivity contribution in [1.82, 2.24) is 4.90 Å². The number of likely N-dealkylation sites (tertiary alicyclic amines) is 1. The maximum absolute atomic E-state index is 13.5. The molecule has 2 aliphatic rings. The van der Waals surface area contributed by atoms with Crippen LogP contribution in [-0.2, 0) is 9.59 Å². The maximum atomic E-state index is 13.5. The number of anilines is 1. The van der Waals surface area contributed by atoms with Gasteiger partial charge in [0.15, 0.2) is 0 Å². The first kappa shape index (κ1) is 20.6. The molecule has 2 aromatic rings. The highest BCUT2D eigenvalue weighted by atomic mass is 35.5. The third-order valence-corrected chi connectivity index (χ3v) is 5.92. The zero-order valence-electron chi connectivity index (χ0n) is 16.6. The smallest absolute Gasteiger partial charge is 0.282 e. The van der Waals surface area contributed by atoms with Crippen molar-refractivity contribution in [3.63, 3.8) is 0 Å². The molecule has 2 aliphatic heterocycles. The lowest BCUT2D eigenvalue weighted by atomic mass is 9.97. The van der Waals surface area contributed by atoms with E-state index in [9.17, 15) is 19.1 Å². The molecule has 0 radical (unpaired) electrons. The summed E-state index contributed by atoms with van der Waals surface area (Å²) in [7, 11) is 0. The highest BCUT2D eigenvalue weighted by molar-refractivity contribution is 6.45. The first-order chi connectivity index (χ1) is 14.4. The number of aliphatic hydroxyl groups excluding tert-OH is 1. The van der Waals surface area contributed by atoms with E-state index in [1.807, 2.05) is 4.90 Å². The Balaban J connectivity index is 1.83. The van der Waals surface area contributed by atoms with Gasteiger partial charge in [0, 0.05) is 24.7 Å². The van der Waals surface area contributed by atoms with Crippen LogP contribution >= 0.6 is 11.6 Å². The van der Waals surface area contributed by atoms with Crippen molar-refractivity contribution in [3.8, 4) is 0 Å². The number of carbonyl (C=O) groups excluding carboxylic acids is 2. The highest BCUT2D eigenvalue weighted by Crippen LogP contribution is 2.38. The van der Waals surface area contributed by atoms with Crippen LogP contribution in [0.15, 0.2) is 48.2 Å². The van der Waals surface area contributed by atoms with Gasteiger partial charge in [-0.25, -0.2) is 9.29 Å². The van der Waals surface area contributed by atoms with Gasteiger partial charge in [-0.05, 0) is 67.1 Å². The van der Waals surface area contributed by atoms with Crippen LogP contribution in [0.5, 0.6) is 0 Å². The van der Waals surface area contributed by atoms with Gasteiger partial charge in [0.05, 0.1) is 11.3 Å². The predicted octanol–water partition coefficient (Wildman–Crippen LogP) is 3.78. The molecular formula is C23H22ClFN2O3. The van der Waals surface area contributed by atoms with E-state index in [2.05, 4.69) is 0 Å². The van der Waals surface area contributed by atoms with Crippen molar-refractivity contribution in [2.75, 3.05) is 24.6 Å². The van der Waals surface area contributed by atoms with E-state index in [1.54, 1.807) is 25.1 Å². The minimum absolute atomic E-state index is 0.0256. The van der Waals surface area contributed by atoms with Gasteiger partial charge in [-0.15, -0.1) is 0 Å². The van der Waals surface area contributed by atoms with Crippen molar-refractivity contribution >= 4 is 34.7 Å². The number of hydrogen-bond acceptors (Lipinski definition) is 4. The molecule has 1 fully saturated rings. The molecule has 2 amide bonds. The molecule has 30 heavy (non-hydrogen) atoms. The van der Waals surface area contributed by atoms with Gasteiger partial charge in [-0.1, -0.05) is 23.7 Å². The Bertz CT molecular complexity index is 1040. The second-order valence-corrected chi connectivity index (χ2v) is 8.18. The highest BCUT2D eigenvalue weighted by Gasteiger charge is 2.43. The molecule has 0 spiro atoms. The standard InChI is InChI=1S/C23H22ClFN2O3/c1-14-11-17(24)6-9-19(14)27-22(29)20(16-4-7-18(25)8-5-16)21(23(27)30)26-10-2-3-15(12-26)13-28/h4-9,11,15,28H,2-3,10,12-13H2,1H3. The fraction of sp³-hybridized carbons (Fsp3) is 0.304. The van der Waals surface area contributed by atoms with Crippen LogP contribution < -0.4 is 4.90 Å². The number of aryl methyl sites for hydroxylation is 1. The number of rotatable bonds is 4. The molecule has 1 atom stereocenters. The molecule has 156 valence electrons. The fourth-order valence-corrected chi connectivity index (χ4v) is 4.42. The Morgan fingerprint density at radius 2 is 1.87 bits per heavy atom. The number of hydrogen-bond donors (Lipinski definition) is 1. The lowest BCUT2D eigenvalue weighted by Crippen LogP contribution is -2.40. The Morgan fingerprint density at radius 1 is 1.13 bits per heavy atom. The van der Waals surface area contributed by atoms with Crippen LogP contribution in [0.4, 0.5) is 10.1 Å². The summed E-state index contributed by atoms with van der Waals surface area (Å²) in [6, 6.07) is 10.6. The average Bonchev–Trinajstić information content (AvgIpc) is 2.99. The molecule has 0 saturated carbocycles. The zero-order valence-corrected chi connectivity index (χ0v) is 17.3. The molecule has 0 bridgehead atoms. The quantitative estimate of drug-likeness (QED) is 0.753. The summed E-state index contributed by atoms with van der Waals surface area (Å²) >= 11 is 6.05. The molecule has 0 aliphatic carbocycles. The van der Waals surface area contributed by atoms with Crippen molar-refractivity contribution in [1.29, 1.82) is 0 Å². The van der Waals surface area contributed by atoms with Crippen molar-refractivity contribution in [3.05, 3.63) is 70.1 Å². The van der Waals surface area contributed by atoms with E-state index in [0.29, 0.717) is 40.6 Å². The fourth-order valence-electron chi connectivity index (χ4n) is 4.19. The van der Waals surface area contributed by atoms with E-state index >= 15 is 0 Å². The second kappa shape index (κ2) is 8.20. The minimum Gasteiger partial charge on any atom is -0.396 e. The lowest BCUT2D eigenvalue weighted by Gasteiger charge is -2.34. The van der Waals surface area contributed by atoms with Crippen LogP contribution in [0.1, 0.15) is 24.0 Å². The van der Waals surface area contributed by atoms with Crippen molar-refractivity contribution < 1.29 is 19.1 Å². The van der Waals surface area contributed by atoms with Gasteiger partial charge < -0.3 is 10.0 Å². The van der Waals surface area contributed by atoms with Gasteiger partial charge in [0.1, 0.15) is 11.5 Å². The topological polar surface area (TPSA) is 60.9 Å². The van der Waals surface area contributed by atoms with Crippen LogP contribution in [0.25, 0.3) is 5.57 Å². The zero-order chi connectivity index (χ0) is 21.4. The van der Waals surface area contributed by atoms with Crippen molar-refractivity contribution in [2.24, 2.45) is 5.92 Å². The van der Waals surface area contributed by atoms with Crippen LogP contribution in [0.2, 0.25) is 5.02 Å². The average molecular weight is 429 g/mol. The Morgan fingerprint density at radius 3 is 2.53 bits per heavy atom. The lowest BCUT2D eigenvalue weighted by molar-refractivity contribution is -0.120. The van der Waals surface area contributed by atoms with E-state index in [4.69, 9.17) is 11.6 Å². The summed E-state index contributed by atoms with van der Waals surface area (Å²) in [6.45, 7) is 2.92. The Hall–Kier alpha value is -2.70. The molecule has 1 unspecified atom stereocenters. The number of carbonyl (C=O) groups is 2. The number of benzene rings is 2. The SMILES string of the molecule is Cc1cc(Cl)ccc1N1C(=O)C(c2ccc(F)cc2)=C(N2CCCC(CO)C2)C1=O. The van der Waals surface area contributed by atoms with E-state index in [0.717, 1.165) is 12.8 Å². The van der Waals surface area contributed by atoms with Gasteiger partial charge >= 0.3 is 0 Å². The van der Waals surface area contributed by atoms with Gasteiger partial charge in [0.25, 0.3) is 11.8 Å². The summed E-state index contributed by atoms with van der Waals surface area (Å²) < 4.78 is 13.5. The summed E-state index contributed by atoms with van der Waals surface area (Å²) in [5.74, 6) is -1.24. The van der Waals surface area contributed by atoms with Gasteiger partial charge in [-0.3, -0.25) is 9.59 Å². The van der Waals surface area contributed by atoms with E-state index in [1.165, 1.54) is 29.2 Å². The summed E-state index contributed by atoms with van der Waals surface area (Å²) in [6.07, 6.45) is 1.68. The third-order valence-electron chi connectivity index (χ3n) is 5.69. The van der Waals surface area contributed by atoms with Crippen molar-refractivity contribution in [2.45, 2.75) is 19.8 Å². The normalized spacial score (nSPS) is 19.8. The molecule has 2 heterocycles. The summed E-state index contributed by atoms with van der Waals surface area (Å²) in [5.41, 5.74) is 2.23. The monoisotopic (exact) mass is 428 g/mol. The summed E-state index contributed by atoms with van der Waals surface area (Å²) in [5, 5.41) is 10.1. The molecule has 1 N–H and O–H groups in total. The number of aliphatic hydroxyl groups is 1. The molecular weight excluding hydrogens is 407 g/mol. The minimum atomic E-state index is -0.446. The molecule has 1 saturated heterocycles. The number of halogens is 2. The number of amides is 2. The largest absolute Gasteiger partial charge is 0.396 e. The first-order valence-corrected chi connectivity index (χ1v) is 10.3. The van der Waals surface area contributed by atoms with Crippen LogP contribution in [0.3, 0.4) is 0 Å². The number of nitrogens with zero attached hydrogens (tertiary/aromatic N) is 2. The van der Waals surface area contributed by atoms with Crippen LogP contribution in [-0.4, -0.2) is 41.5 Å². The first-order valence-electron chi connectivity index (χ1n) is 9.91. The molecule has 5 nitrogen and oxygen atoms in total. The van der Waals surface area contributed by atoms with Crippen LogP contribution in [0, 0.1) is 18.7 Å². The van der Waals surface area contributed by atoms with Gasteiger partial charge in [0.2, 0.25) is 0 Å². The Labute approximate surface area is 179 Å². The molecule has 7 heteroatoms. The summed E-state index contributed by atoms with van der Waals surface area (Å²) in [4.78, 5) is 30.1. The molecule has 0 aromatic heterocycles. The van der Waals surface area contributed by atoms with Gasteiger partial charge in [-0.2, -0.15) is 0 Å². The maximum Gasteiger partial charge on any atom is 0.282 e. The predicted molar refractivity (Wildman–Crippen MR) is 113 cm³/mol. The number of imide groups is 1. The molecule has 2 aromatic carbocycles. The van der Waals surface area contributed by atoms with E-state index < -0.39 is 17.6 Å². The Kier molecular flexibility index (Phi) is 5.62.